The van der Waals surface area contributed by atoms with Gasteiger partial charge in [-0.25, -0.2) is 4.39 Å². The van der Waals surface area contributed by atoms with Crippen LogP contribution in [0.15, 0.2) is 12.1 Å². The Bertz CT molecular complexity index is 491. The number of halogens is 1. The smallest absolute Gasteiger partial charge is 0.242 e. The van der Waals surface area contributed by atoms with Gasteiger partial charge in [-0.15, -0.1) is 0 Å². The Morgan fingerprint density at radius 1 is 1.28 bits per heavy atom. The maximum atomic E-state index is 13.5. The standard InChI is InChI=1S/C13H15FN2O2/c1-8-3-10(4-9(2)13(8)14)6-16-7-11(17)15-5-12(16)18/h3-4H,5-7H2,1-2H3,(H,15,17). The van der Waals surface area contributed by atoms with Crippen molar-refractivity contribution in [2.45, 2.75) is 20.4 Å². The molecule has 0 aromatic heterocycles. The van der Waals surface area contributed by atoms with Gasteiger partial charge < -0.3 is 10.2 Å². The first-order chi connectivity index (χ1) is 8.47. The normalized spacial score (nSPS) is 15.8. The summed E-state index contributed by atoms with van der Waals surface area (Å²) in [5.74, 6) is -0.499. The molecule has 1 aliphatic rings. The molecule has 1 aliphatic heterocycles. The summed E-state index contributed by atoms with van der Waals surface area (Å²) < 4.78 is 13.5. The molecule has 0 unspecified atom stereocenters. The summed E-state index contributed by atoms with van der Waals surface area (Å²) >= 11 is 0. The minimum absolute atomic E-state index is 0.0397. The lowest BCUT2D eigenvalue weighted by molar-refractivity contribution is -0.141. The van der Waals surface area contributed by atoms with Crippen LogP contribution in [-0.4, -0.2) is 29.8 Å². The van der Waals surface area contributed by atoms with Crippen LogP contribution in [-0.2, 0) is 16.1 Å². The number of nitrogens with one attached hydrogen (secondary N) is 1. The maximum absolute atomic E-state index is 13.5. The summed E-state index contributed by atoms with van der Waals surface area (Å²) in [4.78, 5) is 24.3. The predicted molar refractivity (Wildman–Crippen MR) is 64.3 cm³/mol. The summed E-state index contributed by atoms with van der Waals surface area (Å²) in [7, 11) is 0. The lowest BCUT2D eigenvalue weighted by atomic mass is 10.1. The van der Waals surface area contributed by atoms with E-state index in [0.29, 0.717) is 17.7 Å². The van der Waals surface area contributed by atoms with Crippen molar-refractivity contribution in [3.63, 3.8) is 0 Å². The summed E-state index contributed by atoms with van der Waals surface area (Å²) in [5.41, 5.74) is 1.95. The second kappa shape index (κ2) is 4.76. The molecule has 1 fully saturated rings. The minimum Gasteiger partial charge on any atom is -0.345 e. The van der Waals surface area contributed by atoms with Gasteiger partial charge in [0.05, 0.1) is 13.1 Å². The molecule has 1 aromatic rings. The molecule has 5 heteroatoms. The van der Waals surface area contributed by atoms with E-state index in [1.165, 1.54) is 4.90 Å². The highest BCUT2D eigenvalue weighted by molar-refractivity contribution is 5.92. The fraction of sp³-hybridized carbons (Fsp3) is 0.385. The zero-order chi connectivity index (χ0) is 13.3. The molecular formula is C13H15FN2O2. The van der Waals surface area contributed by atoms with Gasteiger partial charge in [0.2, 0.25) is 11.8 Å². The lowest BCUT2D eigenvalue weighted by Crippen LogP contribution is -2.51. The maximum Gasteiger partial charge on any atom is 0.242 e. The van der Waals surface area contributed by atoms with Gasteiger partial charge in [0.15, 0.2) is 0 Å². The van der Waals surface area contributed by atoms with E-state index in [0.717, 1.165) is 5.56 Å². The topological polar surface area (TPSA) is 49.4 Å². The molecule has 0 atom stereocenters. The first-order valence-corrected chi connectivity index (χ1v) is 5.77. The van der Waals surface area contributed by atoms with E-state index >= 15 is 0 Å². The summed E-state index contributed by atoms with van der Waals surface area (Å²) in [6.45, 7) is 3.83. The van der Waals surface area contributed by atoms with Gasteiger partial charge in [-0.1, -0.05) is 12.1 Å². The number of hydrogen-bond donors (Lipinski definition) is 1. The van der Waals surface area contributed by atoms with Crippen LogP contribution in [0.25, 0.3) is 0 Å². The molecule has 1 aromatic carbocycles. The Morgan fingerprint density at radius 2 is 1.89 bits per heavy atom. The zero-order valence-corrected chi connectivity index (χ0v) is 10.4. The number of aryl methyl sites for hydroxylation is 2. The molecule has 18 heavy (non-hydrogen) atoms. The number of hydrogen-bond acceptors (Lipinski definition) is 2. The molecule has 4 nitrogen and oxygen atoms in total. The Hall–Kier alpha value is -1.91. The number of amides is 2. The molecule has 1 heterocycles. The second-order valence-electron chi connectivity index (χ2n) is 4.57. The molecule has 2 rings (SSSR count). The number of rotatable bonds is 2. The van der Waals surface area contributed by atoms with Crippen LogP contribution in [0.3, 0.4) is 0 Å². The van der Waals surface area contributed by atoms with Gasteiger partial charge in [-0.05, 0) is 30.5 Å². The van der Waals surface area contributed by atoms with Crippen molar-refractivity contribution in [3.05, 3.63) is 34.6 Å². The average Bonchev–Trinajstić information content (AvgIpc) is 2.31. The van der Waals surface area contributed by atoms with Gasteiger partial charge in [0.1, 0.15) is 5.82 Å². The predicted octanol–water partition coefficient (Wildman–Crippen LogP) is 0.901. The van der Waals surface area contributed by atoms with Crippen molar-refractivity contribution in [3.8, 4) is 0 Å². The van der Waals surface area contributed by atoms with E-state index in [-0.39, 0.29) is 30.7 Å². The molecule has 1 N–H and O–H groups in total. The first-order valence-electron chi connectivity index (χ1n) is 5.77. The van der Waals surface area contributed by atoms with Crippen LogP contribution >= 0.6 is 0 Å². The summed E-state index contributed by atoms with van der Waals surface area (Å²) in [5, 5.41) is 2.49. The van der Waals surface area contributed by atoms with Crippen molar-refractivity contribution in [2.24, 2.45) is 0 Å². The van der Waals surface area contributed by atoms with Crippen LogP contribution in [0.2, 0.25) is 0 Å². The van der Waals surface area contributed by atoms with E-state index in [1.807, 2.05) is 0 Å². The van der Waals surface area contributed by atoms with Gasteiger partial charge in [0, 0.05) is 6.54 Å². The van der Waals surface area contributed by atoms with Gasteiger partial charge in [-0.2, -0.15) is 0 Å². The van der Waals surface area contributed by atoms with E-state index in [1.54, 1.807) is 26.0 Å². The zero-order valence-electron chi connectivity index (χ0n) is 10.4. The first kappa shape index (κ1) is 12.5. The highest BCUT2D eigenvalue weighted by Gasteiger charge is 2.23. The lowest BCUT2D eigenvalue weighted by Gasteiger charge is -2.26. The molecule has 0 radical (unpaired) electrons. The highest BCUT2D eigenvalue weighted by atomic mass is 19.1. The molecule has 0 spiro atoms. The van der Waals surface area contributed by atoms with E-state index in [2.05, 4.69) is 5.32 Å². The van der Waals surface area contributed by atoms with Gasteiger partial charge >= 0.3 is 0 Å². The van der Waals surface area contributed by atoms with Crippen LogP contribution in [0.1, 0.15) is 16.7 Å². The van der Waals surface area contributed by atoms with Crippen molar-refractivity contribution in [2.75, 3.05) is 13.1 Å². The second-order valence-corrected chi connectivity index (χ2v) is 4.57. The molecule has 0 bridgehead atoms. The van der Waals surface area contributed by atoms with Crippen LogP contribution in [0, 0.1) is 19.7 Å². The SMILES string of the molecule is Cc1cc(CN2CC(=O)NCC2=O)cc(C)c1F. The molecule has 0 aliphatic carbocycles. The van der Waals surface area contributed by atoms with E-state index < -0.39 is 0 Å². The fourth-order valence-electron chi connectivity index (χ4n) is 2.09. The minimum atomic E-state index is -0.221. The van der Waals surface area contributed by atoms with Crippen molar-refractivity contribution >= 4 is 11.8 Å². The van der Waals surface area contributed by atoms with Crippen LogP contribution in [0.4, 0.5) is 4.39 Å². The van der Waals surface area contributed by atoms with Gasteiger partial charge in [-0.3, -0.25) is 9.59 Å². The average molecular weight is 250 g/mol. The molecular weight excluding hydrogens is 235 g/mol. The molecule has 2 amide bonds. The highest BCUT2D eigenvalue weighted by Crippen LogP contribution is 2.16. The fourth-order valence-corrected chi connectivity index (χ4v) is 2.09. The van der Waals surface area contributed by atoms with Crippen LogP contribution in [0.5, 0.6) is 0 Å². The monoisotopic (exact) mass is 250 g/mol. The quantitative estimate of drug-likeness (QED) is 0.848. The summed E-state index contributed by atoms with van der Waals surface area (Å²) in [6, 6.07) is 3.42. The van der Waals surface area contributed by atoms with Crippen molar-refractivity contribution < 1.29 is 14.0 Å². The Kier molecular flexibility index (Phi) is 3.32. The third-order valence-electron chi connectivity index (χ3n) is 2.99. The van der Waals surface area contributed by atoms with Crippen molar-refractivity contribution in [1.29, 1.82) is 0 Å². The van der Waals surface area contributed by atoms with E-state index in [9.17, 15) is 14.0 Å². The Balaban J connectivity index is 2.18. The number of carbonyl (C=O) groups excluding carboxylic acids is 2. The number of carbonyl (C=O) groups is 2. The molecule has 0 saturated carbocycles. The number of piperazine rings is 1. The Labute approximate surface area is 105 Å². The summed E-state index contributed by atoms with van der Waals surface area (Å²) in [6.07, 6.45) is 0. The third-order valence-corrected chi connectivity index (χ3v) is 2.99. The van der Waals surface area contributed by atoms with E-state index in [4.69, 9.17) is 0 Å². The van der Waals surface area contributed by atoms with Gasteiger partial charge in [0.25, 0.3) is 0 Å². The number of nitrogens with zero attached hydrogens (tertiary/aromatic N) is 1. The number of benzene rings is 1. The molecule has 1 saturated heterocycles. The molecule has 96 valence electrons. The third kappa shape index (κ3) is 2.50. The Morgan fingerprint density at radius 3 is 2.50 bits per heavy atom. The largest absolute Gasteiger partial charge is 0.345 e. The van der Waals surface area contributed by atoms with Crippen LogP contribution < -0.4 is 5.32 Å². The van der Waals surface area contributed by atoms with Crippen molar-refractivity contribution in [1.82, 2.24) is 10.2 Å².